The highest BCUT2D eigenvalue weighted by Crippen LogP contribution is 2.27. The van der Waals surface area contributed by atoms with E-state index in [1.54, 1.807) is 0 Å². The fourth-order valence-corrected chi connectivity index (χ4v) is 2.88. The first-order valence-corrected chi connectivity index (χ1v) is 6.80. The Bertz CT molecular complexity index is 739. The summed E-state index contributed by atoms with van der Waals surface area (Å²) in [6, 6.07) is 8.64. The van der Waals surface area contributed by atoms with E-state index in [1.807, 2.05) is 24.1 Å². The minimum atomic E-state index is 0.997. The van der Waals surface area contributed by atoms with Crippen molar-refractivity contribution in [3.63, 3.8) is 0 Å². The molecule has 0 bridgehead atoms. The van der Waals surface area contributed by atoms with Crippen molar-refractivity contribution in [2.75, 3.05) is 0 Å². The molecule has 2 aromatic heterocycles. The summed E-state index contributed by atoms with van der Waals surface area (Å²) < 4.78 is 4.20. The third kappa shape index (κ3) is 2.05. The van der Waals surface area contributed by atoms with Gasteiger partial charge in [0.1, 0.15) is 5.69 Å². The number of aromatic nitrogens is 3. The third-order valence-corrected chi connectivity index (χ3v) is 3.59. The molecule has 20 heavy (non-hydrogen) atoms. The Morgan fingerprint density at radius 1 is 1.05 bits per heavy atom. The number of imidazole rings is 1. The smallest absolute Gasteiger partial charge is 0.105 e. The Labute approximate surface area is 119 Å². The van der Waals surface area contributed by atoms with Crippen LogP contribution in [0.15, 0.2) is 43.0 Å². The van der Waals surface area contributed by atoms with Gasteiger partial charge in [-0.1, -0.05) is 17.7 Å². The van der Waals surface area contributed by atoms with E-state index in [4.69, 9.17) is 0 Å². The normalized spacial score (nSPS) is 11.0. The lowest BCUT2D eigenvalue weighted by atomic mass is 10.0. The largest absolute Gasteiger partial charge is 0.340 e. The van der Waals surface area contributed by atoms with Crippen LogP contribution in [-0.4, -0.2) is 14.1 Å². The van der Waals surface area contributed by atoms with Crippen molar-refractivity contribution in [2.24, 2.45) is 7.05 Å². The number of rotatable bonds is 2. The molecule has 0 aliphatic carbocycles. The quantitative estimate of drug-likeness (QED) is 0.691. The highest BCUT2D eigenvalue weighted by Gasteiger charge is 2.12. The van der Waals surface area contributed by atoms with Gasteiger partial charge < -0.3 is 9.13 Å². The first-order chi connectivity index (χ1) is 9.56. The minimum absolute atomic E-state index is 0.997. The molecule has 0 atom stereocenters. The Morgan fingerprint density at radius 3 is 2.35 bits per heavy atom. The molecule has 0 aliphatic rings. The molecule has 0 fully saturated rings. The van der Waals surface area contributed by atoms with Crippen LogP contribution < -0.4 is 0 Å². The molecule has 0 N–H and O–H groups in total. The molecule has 2 heterocycles. The third-order valence-electron chi connectivity index (χ3n) is 3.59. The Hall–Kier alpha value is -2.29. The number of nitrogens with zero attached hydrogens (tertiary/aromatic N) is 3. The fraction of sp³-hybridized carbons (Fsp3) is 0.235. The van der Waals surface area contributed by atoms with Gasteiger partial charge in [-0.25, -0.2) is 4.98 Å². The van der Waals surface area contributed by atoms with Crippen molar-refractivity contribution >= 4 is 0 Å². The van der Waals surface area contributed by atoms with Crippen LogP contribution in [0.5, 0.6) is 0 Å². The van der Waals surface area contributed by atoms with Crippen LogP contribution in [0.3, 0.4) is 0 Å². The number of benzene rings is 1. The average molecular weight is 265 g/mol. The zero-order valence-electron chi connectivity index (χ0n) is 12.4. The number of hydrogen-bond donors (Lipinski definition) is 0. The van der Waals surface area contributed by atoms with Crippen molar-refractivity contribution in [3.8, 4) is 17.1 Å². The first kappa shape index (κ1) is 12.7. The first-order valence-electron chi connectivity index (χ1n) is 6.80. The average Bonchev–Trinajstić information content (AvgIpc) is 2.96. The van der Waals surface area contributed by atoms with E-state index in [0.29, 0.717) is 0 Å². The van der Waals surface area contributed by atoms with Gasteiger partial charge in [0.25, 0.3) is 0 Å². The Balaban J connectivity index is 2.20. The van der Waals surface area contributed by atoms with E-state index in [1.165, 1.54) is 22.4 Å². The molecule has 102 valence electrons. The molecule has 3 nitrogen and oxygen atoms in total. The molecule has 0 amide bonds. The van der Waals surface area contributed by atoms with Crippen LogP contribution in [0, 0.1) is 20.8 Å². The zero-order valence-corrected chi connectivity index (χ0v) is 12.4. The SMILES string of the molecule is Cc1cc(C)c(-n2cccc2-c2cn(C)cn2)c(C)c1. The summed E-state index contributed by atoms with van der Waals surface area (Å²) in [4.78, 5) is 4.46. The minimum Gasteiger partial charge on any atom is -0.340 e. The predicted molar refractivity (Wildman–Crippen MR) is 82.2 cm³/mol. The van der Waals surface area contributed by atoms with Crippen LogP contribution in [-0.2, 0) is 7.05 Å². The molecule has 0 unspecified atom stereocenters. The zero-order chi connectivity index (χ0) is 14.3. The molecule has 0 spiro atoms. The lowest BCUT2D eigenvalue weighted by Gasteiger charge is -2.15. The standard InChI is InChI=1S/C17H19N3/c1-12-8-13(2)17(14(3)9-12)20-7-5-6-16(20)15-10-19(4)11-18-15/h5-11H,1-4H3. The second-order valence-corrected chi connectivity index (χ2v) is 5.44. The molecule has 3 rings (SSSR count). The van der Waals surface area contributed by atoms with Crippen LogP contribution in [0.4, 0.5) is 0 Å². The number of hydrogen-bond acceptors (Lipinski definition) is 1. The monoisotopic (exact) mass is 265 g/mol. The number of aryl methyl sites for hydroxylation is 4. The van der Waals surface area contributed by atoms with Gasteiger partial charge in [0.2, 0.25) is 0 Å². The van der Waals surface area contributed by atoms with E-state index < -0.39 is 0 Å². The molecule has 0 saturated heterocycles. The van der Waals surface area contributed by atoms with Gasteiger partial charge >= 0.3 is 0 Å². The second kappa shape index (κ2) is 4.67. The van der Waals surface area contributed by atoms with Gasteiger partial charge in [0.05, 0.1) is 17.7 Å². The van der Waals surface area contributed by atoms with E-state index >= 15 is 0 Å². The molecule has 3 heteroatoms. The molecular formula is C17H19N3. The summed E-state index contributed by atoms with van der Waals surface area (Å²) in [6.07, 6.45) is 5.99. The van der Waals surface area contributed by atoms with Gasteiger partial charge in [0, 0.05) is 19.4 Å². The molecule has 0 saturated carbocycles. The summed E-state index contributed by atoms with van der Waals surface area (Å²) in [7, 11) is 1.99. The highest BCUT2D eigenvalue weighted by atomic mass is 15.0. The summed E-state index contributed by atoms with van der Waals surface area (Å²) >= 11 is 0. The van der Waals surface area contributed by atoms with E-state index in [9.17, 15) is 0 Å². The summed E-state index contributed by atoms with van der Waals surface area (Å²) in [5.41, 5.74) is 7.25. The fourth-order valence-electron chi connectivity index (χ4n) is 2.88. The lowest BCUT2D eigenvalue weighted by Crippen LogP contribution is -2.01. The van der Waals surface area contributed by atoms with Gasteiger partial charge in [-0.3, -0.25) is 0 Å². The molecule has 0 radical (unpaired) electrons. The molecule has 1 aromatic carbocycles. The van der Waals surface area contributed by atoms with E-state index in [0.717, 1.165) is 11.4 Å². The van der Waals surface area contributed by atoms with Crippen molar-refractivity contribution < 1.29 is 0 Å². The van der Waals surface area contributed by atoms with Gasteiger partial charge in [-0.15, -0.1) is 0 Å². The summed E-state index contributed by atoms with van der Waals surface area (Å²) in [5, 5.41) is 0. The van der Waals surface area contributed by atoms with Crippen molar-refractivity contribution in [1.29, 1.82) is 0 Å². The summed E-state index contributed by atoms with van der Waals surface area (Å²) in [5.74, 6) is 0. The Kier molecular flexibility index (Phi) is 2.97. The van der Waals surface area contributed by atoms with Gasteiger partial charge in [0.15, 0.2) is 0 Å². The highest BCUT2D eigenvalue weighted by molar-refractivity contribution is 5.61. The van der Waals surface area contributed by atoms with Gasteiger partial charge in [-0.05, 0) is 44.0 Å². The van der Waals surface area contributed by atoms with Crippen molar-refractivity contribution in [2.45, 2.75) is 20.8 Å². The van der Waals surface area contributed by atoms with Crippen LogP contribution in [0.25, 0.3) is 17.1 Å². The lowest BCUT2D eigenvalue weighted by molar-refractivity contribution is 0.913. The van der Waals surface area contributed by atoms with Crippen LogP contribution in [0.1, 0.15) is 16.7 Å². The van der Waals surface area contributed by atoms with E-state index in [-0.39, 0.29) is 0 Å². The van der Waals surface area contributed by atoms with Gasteiger partial charge in [-0.2, -0.15) is 0 Å². The molecule has 3 aromatic rings. The topological polar surface area (TPSA) is 22.8 Å². The van der Waals surface area contributed by atoms with Crippen LogP contribution >= 0.6 is 0 Å². The molecule has 0 aliphatic heterocycles. The predicted octanol–water partition coefficient (Wildman–Crippen LogP) is 3.80. The Morgan fingerprint density at radius 2 is 1.75 bits per heavy atom. The maximum absolute atomic E-state index is 4.46. The van der Waals surface area contributed by atoms with E-state index in [2.05, 4.69) is 60.8 Å². The van der Waals surface area contributed by atoms with Crippen molar-refractivity contribution in [3.05, 3.63) is 59.7 Å². The van der Waals surface area contributed by atoms with Crippen LogP contribution in [0.2, 0.25) is 0 Å². The second-order valence-electron chi connectivity index (χ2n) is 5.44. The molecular weight excluding hydrogens is 246 g/mol. The maximum atomic E-state index is 4.46. The van der Waals surface area contributed by atoms with Crippen molar-refractivity contribution in [1.82, 2.24) is 14.1 Å². The maximum Gasteiger partial charge on any atom is 0.105 e. The summed E-state index contributed by atoms with van der Waals surface area (Å²) in [6.45, 7) is 6.47.